The molecule has 1 heterocycles. The summed E-state index contributed by atoms with van der Waals surface area (Å²) in [6.45, 7) is 0. The van der Waals surface area contributed by atoms with Gasteiger partial charge >= 0.3 is 0 Å². The van der Waals surface area contributed by atoms with Crippen LogP contribution in [0.25, 0.3) is 0 Å². The molecule has 0 aliphatic carbocycles. The van der Waals surface area contributed by atoms with Crippen molar-refractivity contribution in [1.29, 1.82) is 0 Å². The third-order valence-electron chi connectivity index (χ3n) is 3.35. The second-order valence-corrected chi connectivity index (χ2v) is 7.27. The summed E-state index contributed by atoms with van der Waals surface area (Å²) in [6, 6.07) is 10.0. The van der Waals surface area contributed by atoms with Crippen molar-refractivity contribution >= 4 is 39.0 Å². The SMILES string of the molecule is O=C(Nc1ccn[nH]1)c1ccc(Cl)c(NS(=O)(=O)c2ccc(F)cc2)c1. The molecule has 2 aromatic carbocycles. The number of amides is 1. The minimum atomic E-state index is -3.99. The van der Waals surface area contributed by atoms with Crippen LogP contribution in [-0.2, 0) is 10.0 Å². The maximum Gasteiger partial charge on any atom is 0.261 e. The Labute approximate surface area is 153 Å². The predicted molar refractivity (Wildman–Crippen MR) is 95.2 cm³/mol. The molecule has 0 fully saturated rings. The molecule has 0 saturated carbocycles. The van der Waals surface area contributed by atoms with Crippen molar-refractivity contribution in [3.8, 4) is 0 Å². The van der Waals surface area contributed by atoms with E-state index in [0.29, 0.717) is 5.82 Å². The number of H-pyrrole nitrogens is 1. The van der Waals surface area contributed by atoms with Crippen LogP contribution in [0.15, 0.2) is 59.6 Å². The molecule has 0 saturated heterocycles. The molecular weight excluding hydrogens is 383 g/mol. The molecule has 1 amide bonds. The van der Waals surface area contributed by atoms with Gasteiger partial charge in [0.25, 0.3) is 15.9 Å². The fourth-order valence-corrected chi connectivity index (χ4v) is 3.37. The molecule has 3 aromatic rings. The van der Waals surface area contributed by atoms with Gasteiger partial charge in [0, 0.05) is 11.6 Å². The van der Waals surface area contributed by atoms with Gasteiger partial charge in [-0.05, 0) is 42.5 Å². The third kappa shape index (κ3) is 4.01. The number of aromatic amines is 1. The summed E-state index contributed by atoms with van der Waals surface area (Å²) in [6.07, 6.45) is 1.47. The summed E-state index contributed by atoms with van der Waals surface area (Å²) in [5.41, 5.74) is 0.203. The number of hydrogen-bond acceptors (Lipinski definition) is 4. The van der Waals surface area contributed by atoms with Crippen LogP contribution in [-0.4, -0.2) is 24.5 Å². The summed E-state index contributed by atoms with van der Waals surface area (Å²) >= 11 is 6.03. The van der Waals surface area contributed by atoms with E-state index in [1.807, 2.05) is 0 Å². The molecular formula is C16H12ClFN4O3S. The lowest BCUT2D eigenvalue weighted by molar-refractivity contribution is 0.102. The lowest BCUT2D eigenvalue weighted by Gasteiger charge is -2.11. The summed E-state index contributed by atoms with van der Waals surface area (Å²) in [7, 11) is -3.99. The molecule has 0 bridgehead atoms. The van der Waals surface area contributed by atoms with Crippen molar-refractivity contribution in [1.82, 2.24) is 10.2 Å². The Hall–Kier alpha value is -2.91. The summed E-state index contributed by atoms with van der Waals surface area (Å²) in [4.78, 5) is 12.1. The van der Waals surface area contributed by atoms with Gasteiger partial charge in [-0.1, -0.05) is 11.6 Å². The van der Waals surface area contributed by atoms with Gasteiger partial charge in [0.15, 0.2) is 0 Å². The topological polar surface area (TPSA) is 104 Å². The van der Waals surface area contributed by atoms with Crippen LogP contribution in [0.5, 0.6) is 0 Å². The maximum atomic E-state index is 13.0. The van der Waals surface area contributed by atoms with E-state index in [0.717, 1.165) is 24.3 Å². The highest BCUT2D eigenvalue weighted by atomic mass is 35.5. The molecule has 0 spiro atoms. The first-order chi connectivity index (χ1) is 12.3. The highest BCUT2D eigenvalue weighted by molar-refractivity contribution is 7.92. The number of hydrogen-bond donors (Lipinski definition) is 3. The van der Waals surface area contributed by atoms with Crippen molar-refractivity contribution < 1.29 is 17.6 Å². The molecule has 0 atom stereocenters. The maximum absolute atomic E-state index is 13.0. The van der Waals surface area contributed by atoms with Crippen molar-refractivity contribution in [3.63, 3.8) is 0 Å². The van der Waals surface area contributed by atoms with E-state index < -0.39 is 21.7 Å². The zero-order valence-corrected chi connectivity index (χ0v) is 14.6. The van der Waals surface area contributed by atoms with Crippen LogP contribution in [0.2, 0.25) is 5.02 Å². The Balaban J connectivity index is 1.85. The third-order valence-corrected chi connectivity index (χ3v) is 5.06. The second-order valence-electron chi connectivity index (χ2n) is 5.18. The van der Waals surface area contributed by atoms with Gasteiger partial charge in [-0.25, -0.2) is 12.8 Å². The molecule has 0 aliphatic heterocycles. The van der Waals surface area contributed by atoms with Crippen LogP contribution in [0.1, 0.15) is 10.4 Å². The largest absolute Gasteiger partial charge is 0.307 e. The van der Waals surface area contributed by atoms with Gasteiger partial charge in [-0.15, -0.1) is 0 Å². The highest BCUT2D eigenvalue weighted by Gasteiger charge is 2.17. The smallest absolute Gasteiger partial charge is 0.261 e. The molecule has 3 N–H and O–H groups in total. The number of carbonyl (C=O) groups is 1. The van der Waals surface area contributed by atoms with Crippen LogP contribution in [0, 0.1) is 5.82 Å². The van der Waals surface area contributed by atoms with E-state index in [1.54, 1.807) is 6.07 Å². The molecule has 0 radical (unpaired) electrons. The monoisotopic (exact) mass is 394 g/mol. The molecule has 0 aliphatic rings. The minimum absolute atomic E-state index is 0.0215. The first-order valence-corrected chi connectivity index (χ1v) is 9.10. The number of halogens is 2. The first kappa shape index (κ1) is 17.9. The van der Waals surface area contributed by atoms with E-state index in [9.17, 15) is 17.6 Å². The number of benzene rings is 2. The van der Waals surface area contributed by atoms with Gasteiger partial charge in [0.05, 0.1) is 21.8 Å². The number of aromatic nitrogens is 2. The Morgan fingerprint density at radius 1 is 1.12 bits per heavy atom. The fourth-order valence-electron chi connectivity index (χ4n) is 2.08. The van der Waals surface area contributed by atoms with Gasteiger partial charge < -0.3 is 5.32 Å². The summed E-state index contributed by atoms with van der Waals surface area (Å²) in [5.74, 6) is -0.647. The van der Waals surface area contributed by atoms with Crippen LogP contribution in [0.3, 0.4) is 0 Å². The summed E-state index contributed by atoms with van der Waals surface area (Å²) in [5, 5.41) is 8.96. The first-order valence-electron chi connectivity index (χ1n) is 7.24. The lowest BCUT2D eigenvalue weighted by Crippen LogP contribution is -2.15. The quantitative estimate of drug-likeness (QED) is 0.617. The van der Waals surface area contributed by atoms with E-state index in [4.69, 9.17) is 11.6 Å². The fraction of sp³-hybridized carbons (Fsp3) is 0. The Kier molecular flexibility index (Phi) is 4.92. The molecule has 1 aromatic heterocycles. The lowest BCUT2D eigenvalue weighted by atomic mass is 10.2. The van der Waals surface area contributed by atoms with Crippen molar-refractivity contribution in [3.05, 3.63) is 71.1 Å². The standard InChI is InChI=1S/C16H12ClFN4O3S/c17-13-6-1-10(16(23)20-15-7-8-19-21-15)9-14(13)22-26(24,25)12-4-2-11(18)3-5-12/h1-9,22H,(H2,19,20,21,23). The van der Waals surface area contributed by atoms with Gasteiger partial charge in [0.1, 0.15) is 11.6 Å². The Morgan fingerprint density at radius 2 is 1.85 bits per heavy atom. The molecule has 134 valence electrons. The number of sulfonamides is 1. The minimum Gasteiger partial charge on any atom is -0.307 e. The second kappa shape index (κ2) is 7.14. The van der Waals surface area contributed by atoms with E-state index >= 15 is 0 Å². The van der Waals surface area contributed by atoms with Crippen LogP contribution in [0.4, 0.5) is 15.9 Å². The summed E-state index contributed by atoms with van der Waals surface area (Å²) < 4.78 is 40.1. The van der Waals surface area contributed by atoms with Crippen LogP contribution >= 0.6 is 11.6 Å². The van der Waals surface area contributed by atoms with E-state index in [-0.39, 0.29) is 21.2 Å². The number of nitrogens with one attached hydrogen (secondary N) is 3. The zero-order chi connectivity index (χ0) is 18.7. The van der Waals surface area contributed by atoms with E-state index in [1.165, 1.54) is 24.4 Å². The highest BCUT2D eigenvalue weighted by Crippen LogP contribution is 2.26. The van der Waals surface area contributed by atoms with Gasteiger partial charge in [-0.2, -0.15) is 5.10 Å². The molecule has 7 nitrogen and oxygen atoms in total. The number of carbonyl (C=O) groups excluding carboxylic acids is 1. The zero-order valence-electron chi connectivity index (χ0n) is 13.0. The Morgan fingerprint density at radius 3 is 2.50 bits per heavy atom. The predicted octanol–water partition coefficient (Wildman–Crippen LogP) is 3.26. The van der Waals surface area contributed by atoms with Crippen molar-refractivity contribution in [2.75, 3.05) is 10.0 Å². The van der Waals surface area contributed by atoms with E-state index in [2.05, 4.69) is 20.2 Å². The number of anilines is 2. The Bertz CT molecular complexity index is 1040. The molecule has 26 heavy (non-hydrogen) atoms. The molecule has 10 heteroatoms. The van der Waals surface area contributed by atoms with Crippen molar-refractivity contribution in [2.24, 2.45) is 0 Å². The van der Waals surface area contributed by atoms with Gasteiger partial charge in [0.2, 0.25) is 0 Å². The van der Waals surface area contributed by atoms with Gasteiger partial charge in [-0.3, -0.25) is 14.6 Å². The van der Waals surface area contributed by atoms with Crippen LogP contribution < -0.4 is 10.0 Å². The number of nitrogens with zero attached hydrogens (tertiary/aromatic N) is 1. The average Bonchev–Trinajstić information content (AvgIpc) is 3.10. The normalized spacial score (nSPS) is 11.2. The number of rotatable bonds is 5. The van der Waals surface area contributed by atoms with Crippen molar-refractivity contribution in [2.45, 2.75) is 4.90 Å². The molecule has 0 unspecified atom stereocenters. The molecule has 3 rings (SSSR count). The average molecular weight is 395 g/mol.